The maximum Gasteiger partial charge on any atom is 0.324 e. The number of hydrogen-bond acceptors (Lipinski definition) is 2. The van der Waals surface area contributed by atoms with Crippen LogP contribution in [0.2, 0.25) is 0 Å². The van der Waals surface area contributed by atoms with Crippen LogP contribution in [-0.4, -0.2) is 16.8 Å². The summed E-state index contributed by atoms with van der Waals surface area (Å²) in [5.41, 5.74) is 2.51. The van der Waals surface area contributed by atoms with Crippen molar-refractivity contribution in [1.82, 2.24) is 10.2 Å². The molecule has 100 valence electrons. The van der Waals surface area contributed by atoms with E-state index in [9.17, 15) is 9.59 Å². The summed E-state index contributed by atoms with van der Waals surface area (Å²) in [6, 6.07) is 16.6. The third-order valence-electron chi connectivity index (χ3n) is 3.35. The van der Waals surface area contributed by atoms with Crippen molar-refractivity contribution in [1.29, 1.82) is 0 Å². The number of hydrogen-bond donors (Lipinski definition) is 1. The van der Waals surface area contributed by atoms with Crippen molar-refractivity contribution in [2.24, 2.45) is 0 Å². The molecule has 0 atom stereocenters. The van der Waals surface area contributed by atoms with Gasteiger partial charge in [0.15, 0.2) is 0 Å². The van der Waals surface area contributed by atoms with Crippen LogP contribution in [0.1, 0.15) is 21.5 Å². The van der Waals surface area contributed by atoms with Gasteiger partial charge in [-0.1, -0.05) is 48.5 Å². The third-order valence-corrected chi connectivity index (χ3v) is 3.35. The van der Waals surface area contributed by atoms with E-state index >= 15 is 0 Å². The first kappa shape index (κ1) is 12.4. The highest BCUT2D eigenvalue weighted by Crippen LogP contribution is 2.22. The summed E-state index contributed by atoms with van der Waals surface area (Å²) < 4.78 is 0. The van der Waals surface area contributed by atoms with Gasteiger partial charge in [0.25, 0.3) is 5.91 Å². The first-order valence-electron chi connectivity index (χ1n) is 6.47. The lowest BCUT2D eigenvalue weighted by Crippen LogP contribution is -2.39. The number of fused-ring (bicyclic) bond motifs is 1. The average Bonchev–Trinajstić information content (AvgIpc) is 2.84. The molecule has 1 N–H and O–H groups in total. The Labute approximate surface area is 117 Å². The predicted octanol–water partition coefficient (Wildman–Crippen LogP) is 2.55. The maximum atomic E-state index is 12.1. The summed E-state index contributed by atoms with van der Waals surface area (Å²) in [4.78, 5) is 25.4. The molecular weight excluding hydrogens is 252 g/mol. The lowest BCUT2D eigenvalue weighted by molar-refractivity contribution is 0.0820. The Morgan fingerprint density at radius 1 is 1.05 bits per heavy atom. The fourth-order valence-electron chi connectivity index (χ4n) is 2.29. The quantitative estimate of drug-likeness (QED) is 0.908. The van der Waals surface area contributed by atoms with Crippen LogP contribution in [0.5, 0.6) is 0 Å². The number of nitrogens with zero attached hydrogens (tertiary/aromatic N) is 1. The van der Waals surface area contributed by atoms with Gasteiger partial charge in [-0.3, -0.25) is 9.69 Å². The highest BCUT2D eigenvalue weighted by atomic mass is 16.2. The monoisotopic (exact) mass is 266 g/mol. The van der Waals surface area contributed by atoms with Crippen LogP contribution in [-0.2, 0) is 13.1 Å². The molecular formula is C16H14N2O2. The zero-order valence-corrected chi connectivity index (χ0v) is 10.9. The van der Waals surface area contributed by atoms with Crippen molar-refractivity contribution in [3.8, 4) is 0 Å². The van der Waals surface area contributed by atoms with Crippen molar-refractivity contribution in [2.45, 2.75) is 13.1 Å². The fraction of sp³-hybridized carbons (Fsp3) is 0.125. The van der Waals surface area contributed by atoms with Gasteiger partial charge in [0.2, 0.25) is 0 Å². The molecule has 0 spiro atoms. The summed E-state index contributed by atoms with van der Waals surface area (Å²) in [7, 11) is 0. The van der Waals surface area contributed by atoms with Crippen molar-refractivity contribution in [3.05, 3.63) is 71.3 Å². The van der Waals surface area contributed by atoms with Gasteiger partial charge in [-0.05, 0) is 17.2 Å². The van der Waals surface area contributed by atoms with Crippen LogP contribution in [0.25, 0.3) is 0 Å². The van der Waals surface area contributed by atoms with E-state index in [1.807, 2.05) is 48.5 Å². The molecule has 1 aliphatic heterocycles. The second kappa shape index (κ2) is 5.17. The first-order valence-corrected chi connectivity index (χ1v) is 6.47. The van der Waals surface area contributed by atoms with E-state index in [0.717, 1.165) is 11.1 Å². The zero-order chi connectivity index (χ0) is 13.9. The van der Waals surface area contributed by atoms with Gasteiger partial charge in [-0.15, -0.1) is 0 Å². The minimum absolute atomic E-state index is 0.230. The largest absolute Gasteiger partial charge is 0.334 e. The molecule has 1 heterocycles. The minimum atomic E-state index is -0.352. The van der Waals surface area contributed by atoms with Crippen LogP contribution in [0.3, 0.4) is 0 Å². The SMILES string of the molecule is O=C(NCc1ccccc1)N1Cc2ccccc2C1=O. The number of carbonyl (C=O) groups is 2. The van der Waals surface area contributed by atoms with E-state index in [0.29, 0.717) is 18.7 Å². The number of rotatable bonds is 2. The first-order chi connectivity index (χ1) is 9.75. The molecule has 2 aromatic carbocycles. The normalized spacial score (nSPS) is 13.2. The summed E-state index contributed by atoms with van der Waals surface area (Å²) in [5, 5.41) is 2.77. The minimum Gasteiger partial charge on any atom is -0.334 e. The highest BCUT2D eigenvalue weighted by Gasteiger charge is 2.31. The lowest BCUT2D eigenvalue weighted by Gasteiger charge is -2.14. The molecule has 0 aromatic heterocycles. The molecule has 2 aromatic rings. The van der Waals surface area contributed by atoms with Gasteiger partial charge >= 0.3 is 6.03 Å². The smallest absolute Gasteiger partial charge is 0.324 e. The van der Waals surface area contributed by atoms with E-state index in [1.165, 1.54) is 4.90 Å². The maximum absolute atomic E-state index is 12.1. The van der Waals surface area contributed by atoms with Crippen LogP contribution in [0.15, 0.2) is 54.6 Å². The fourth-order valence-corrected chi connectivity index (χ4v) is 2.29. The topological polar surface area (TPSA) is 49.4 Å². The van der Waals surface area contributed by atoms with Gasteiger partial charge in [-0.25, -0.2) is 4.79 Å². The second-order valence-corrected chi connectivity index (χ2v) is 4.69. The highest BCUT2D eigenvalue weighted by molar-refractivity contribution is 6.07. The Balaban J connectivity index is 1.66. The predicted molar refractivity (Wildman–Crippen MR) is 75.0 cm³/mol. The molecule has 20 heavy (non-hydrogen) atoms. The van der Waals surface area contributed by atoms with E-state index in [-0.39, 0.29) is 11.9 Å². The molecule has 4 heteroatoms. The summed E-state index contributed by atoms with van der Waals surface area (Å²) >= 11 is 0. The van der Waals surface area contributed by atoms with Crippen molar-refractivity contribution in [2.75, 3.05) is 0 Å². The van der Waals surface area contributed by atoms with Gasteiger partial charge in [-0.2, -0.15) is 0 Å². The van der Waals surface area contributed by atoms with Gasteiger partial charge in [0.1, 0.15) is 0 Å². The Hall–Kier alpha value is -2.62. The van der Waals surface area contributed by atoms with E-state index in [4.69, 9.17) is 0 Å². The Bertz CT molecular complexity index is 653. The standard InChI is InChI=1S/C16H14N2O2/c19-15-14-9-5-4-8-13(14)11-18(15)16(20)17-10-12-6-2-1-3-7-12/h1-9H,10-11H2,(H,17,20). The van der Waals surface area contributed by atoms with Crippen molar-refractivity contribution < 1.29 is 9.59 Å². The number of imide groups is 1. The molecule has 0 saturated carbocycles. The van der Waals surface area contributed by atoms with Crippen LogP contribution < -0.4 is 5.32 Å². The summed E-state index contributed by atoms with van der Waals surface area (Å²) in [6.07, 6.45) is 0. The van der Waals surface area contributed by atoms with Gasteiger partial charge < -0.3 is 5.32 Å². The Morgan fingerprint density at radius 3 is 2.50 bits per heavy atom. The van der Waals surface area contributed by atoms with E-state index in [1.54, 1.807) is 6.07 Å². The van der Waals surface area contributed by atoms with Gasteiger partial charge in [0.05, 0.1) is 6.54 Å². The molecule has 3 rings (SSSR count). The van der Waals surface area contributed by atoms with Gasteiger partial charge in [0, 0.05) is 12.1 Å². The third kappa shape index (κ3) is 2.28. The molecule has 0 unspecified atom stereocenters. The second-order valence-electron chi connectivity index (χ2n) is 4.69. The number of benzene rings is 2. The lowest BCUT2D eigenvalue weighted by atomic mass is 10.1. The molecule has 0 saturated heterocycles. The van der Waals surface area contributed by atoms with E-state index < -0.39 is 0 Å². The molecule has 0 fully saturated rings. The number of carbonyl (C=O) groups excluding carboxylic acids is 2. The van der Waals surface area contributed by atoms with Crippen LogP contribution in [0, 0.1) is 0 Å². The molecule has 0 bridgehead atoms. The Kier molecular flexibility index (Phi) is 3.21. The summed E-state index contributed by atoms with van der Waals surface area (Å²) in [5.74, 6) is -0.230. The molecule has 1 aliphatic rings. The summed E-state index contributed by atoms with van der Waals surface area (Å²) in [6.45, 7) is 0.759. The molecule has 3 amide bonds. The number of nitrogens with one attached hydrogen (secondary N) is 1. The number of amides is 3. The zero-order valence-electron chi connectivity index (χ0n) is 10.9. The van der Waals surface area contributed by atoms with Crippen LogP contribution >= 0.6 is 0 Å². The van der Waals surface area contributed by atoms with Crippen LogP contribution in [0.4, 0.5) is 4.79 Å². The van der Waals surface area contributed by atoms with Crippen molar-refractivity contribution >= 4 is 11.9 Å². The molecule has 0 radical (unpaired) electrons. The number of urea groups is 1. The molecule has 0 aliphatic carbocycles. The van der Waals surface area contributed by atoms with E-state index in [2.05, 4.69) is 5.32 Å². The average molecular weight is 266 g/mol. The van der Waals surface area contributed by atoms with Crippen molar-refractivity contribution in [3.63, 3.8) is 0 Å². The Morgan fingerprint density at radius 2 is 1.75 bits per heavy atom. The molecule has 4 nitrogen and oxygen atoms in total.